The van der Waals surface area contributed by atoms with E-state index in [4.69, 9.17) is 16.3 Å². The zero-order valence-electron chi connectivity index (χ0n) is 16.1. The number of likely N-dealkylation sites (N-methyl/N-ethyl adjacent to an activating group) is 1. The maximum absolute atomic E-state index is 12.3. The first-order chi connectivity index (χ1) is 14.0. The summed E-state index contributed by atoms with van der Waals surface area (Å²) < 4.78 is 5.43. The molecule has 1 N–H and O–H groups in total. The summed E-state index contributed by atoms with van der Waals surface area (Å²) >= 11 is 6.20. The smallest absolute Gasteiger partial charge is 0.294 e. The normalized spacial score (nSPS) is 14.5. The Morgan fingerprint density at radius 1 is 1.21 bits per heavy atom. The van der Waals surface area contributed by atoms with Crippen LogP contribution in [0.5, 0.6) is 5.75 Å². The van der Waals surface area contributed by atoms with Gasteiger partial charge >= 0.3 is 0 Å². The highest BCUT2D eigenvalue weighted by Gasteiger charge is 2.25. The summed E-state index contributed by atoms with van der Waals surface area (Å²) in [5.74, 6) is 0.179. The third-order valence-corrected chi connectivity index (χ3v) is 5.12. The number of piperazine rings is 1. The van der Waals surface area contributed by atoms with E-state index in [0.717, 1.165) is 19.6 Å². The number of anilines is 2. The lowest BCUT2D eigenvalue weighted by molar-refractivity contribution is -0.384. The van der Waals surface area contributed by atoms with Crippen LogP contribution in [-0.4, -0.2) is 55.1 Å². The van der Waals surface area contributed by atoms with Crippen LogP contribution in [0.25, 0.3) is 0 Å². The van der Waals surface area contributed by atoms with E-state index in [-0.39, 0.29) is 17.3 Å². The van der Waals surface area contributed by atoms with Crippen molar-refractivity contribution in [2.24, 2.45) is 0 Å². The van der Waals surface area contributed by atoms with Crippen molar-refractivity contribution in [2.45, 2.75) is 6.92 Å². The molecule has 1 saturated heterocycles. The lowest BCUT2D eigenvalue weighted by Crippen LogP contribution is -2.46. The van der Waals surface area contributed by atoms with E-state index in [9.17, 15) is 14.9 Å². The van der Waals surface area contributed by atoms with Crippen LogP contribution in [0.2, 0.25) is 5.02 Å². The molecule has 1 aliphatic heterocycles. The molecule has 0 saturated carbocycles. The molecule has 0 unspecified atom stereocenters. The Kier molecular flexibility index (Phi) is 6.90. The summed E-state index contributed by atoms with van der Waals surface area (Å²) in [7, 11) is 0. The molecule has 0 aromatic heterocycles. The molecule has 1 fully saturated rings. The zero-order chi connectivity index (χ0) is 20.8. The predicted molar refractivity (Wildman–Crippen MR) is 113 cm³/mol. The molecule has 0 aliphatic carbocycles. The van der Waals surface area contributed by atoms with Gasteiger partial charge in [-0.3, -0.25) is 14.9 Å². The number of nitrogens with one attached hydrogen (secondary N) is 1. The third kappa shape index (κ3) is 5.36. The van der Waals surface area contributed by atoms with Gasteiger partial charge in [-0.1, -0.05) is 36.7 Å². The Labute approximate surface area is 174 Å². The Bertz CT molecular complexity index is 870. The minimum Gasteiger partial charge on any atom is -0.484 e. The largest absolute Gasteiger partial charge is 0.484 e. The maximum atomic E-state index is 12.3. The molecule has 154 valence electrons. The van der Waals surface area contributed by atoms with Crippen LogP contribution < -0.4 is 15.0 Å². The lowest BCUT2D eigenvalue weighted by atomic mass is 10.2. The van der Waals surface area contributed by atoms with Gasteiger partial charge in [-0.05, 0) is 24.7 Å². The van der Waals surface area contributed by atoms with Crippen LogP contribution in [0.4, 0.5) is 17.1 Å². The van der Waals surface area contributed by atoms with E-state index in [1.165, 1.54) is 6.07 Å². The molecule has 2 aromatic carbocycles. The molecule has 2 aromatic rings. The van der Waals surface area contributed by atoms with Crippen LogP contribution in [0.1, 0.15) is 6.92 Å². The molecular weight excluding hydrogens is 396 g/mol. The minimum absolute atomic E-state index is 0.0708. The van der Waals surface area contributed by atoms with Crippen molar-refractivity contribution in [1.29, 1.82) is 0 Å². The van der Waals surface area contributed by atoms with Gasteiger partial charge < -0.3 is 19.9 Å². The number of para-hydroxylation sites is 1. The zero-order valence-corrected chi connectivity index (χ0v) is 16.9. The van der Waals surface area contributed by atoms with Crippen LogP contribution in [0.15, 0.2) is 42.5 Å². The van der Waals surface area contributed by atoms with Crippen LogP contribution in [0.3, 0.4) is 0 Å². The number of rotatable bonds is 7. The second-order valence-electron chi connectivity index (χ2n) is 6.65. The molecule has 1 amide bonds. The molecule has 0 spiro atoms. The molecular formula is C20H23ClN4O4. The Morgan fingerprint density at radius 2 is 1.90 bits per heavy atom. The fourth-order valence-electron chi connectivity index (χ4n) is 3.20. The Hall–Kier alpha value is -2.84. The van der Waals surface area contributed by atoms with Gasteiger partial charge in [-0.15, -0.1) is 0 Å². The molecule has 1 heterocycles. The highest BCUT2D eigenvalue weighted by atomic mass is 35.5. The summed E-state index contributed by atoms with van der Waals surface area (Å²) in [6.45, 7) is 5.82. The number of carbonyl (C=O) groups excluding carboxylic acids is 1. The van der Waals surface area contributed by atoms with Crippen molar-refractivity contribution in [3.63, 3.8) is 0 Å². The first-order valence-corrected chi connectivity index (χ1v) is 9.78. The van der Waals surface area contributed by atoms with Crippen LogP contribution in [-0.2, 0) is 4.79 Å². The van der Waals surface area contributed by atoms with E-state index >= 15 is 0 Å². The highest BCUT2D eigenvalue weighted by molar-refractivity contribution is 6.34. The fourth-order valence-corrected chi connectivity index (χ4v) is 3.41. The van der Waals surface area contributed by atoms with Gasteiger partial charge in [0.25, 0.3) is 11.6 Å². The number of ether oxygens (including phenoxy) is 1. The average molecular weight is 419 g/mol. The summed E-state index contributed by atoms with van der Waals surface area (Å²) in [6, 6.07) is 11.8. The third-order valence-electron chi connectivity index (χ3n) is 4.81. The molecule has 0 radical (unpaired) electrons. The summed E-state index contributed by atoms with van der Waals surface area (Å²) in [4.78, 5) is 27.6. The van der Waals surface area contributed by atoms with E-state index in [0.29, 0.717) is 30.2 Å². The van der Waals surface area contributed by atoms with Gasteiger partial charge in [0.1, 0.15) is 11.4 Å². The molecule has 0 atom stereocenters. The van der Waals surface area contributed by atoms with Crippen molar-refractivity contribution in [1.82, 2.24) is 4.90 Å². The summed E-state index contributed by atoms with van der Waals surface area (Å²) in [6.07, 6.45) is 0. The first kappa shape index (κ1) is 20.9. The second kappa shape index (κ2) is 9.58. The van der Waals surface area contributed by atoms with Gasteiger partial charge in [-0.25, -0.2) is 0 Å². The predicted octanol–water partition coefficient (Wildman–Crippen LogP) is 3.41. The Morgan fingerprint density at radius 3 is 2.52 bits per heavy atom. The monoisotopic (exact) mass is 418 g/mol. The Balaban J connectivity index is 1.74. The van der Waals surface area contributed by atoms with Gasteiger partial charge in [0, 0.05) is 32.2 Å². The van der Waals surface area contributed by atoms with E-state index < -0.39 is 10.8 Å². The van der Waals surface area contributed by atoms with Gasteiger partial charge in [0.2, 0.25) is 0 Å². The molecule has 0 bridgehead atoms. The fraction of sp³-hybridized carbons (Fsp3) is 0.350. The van der Waals surface area contributed by atoms with Crippen LogP contribution in [0, 0.1) is 10.1 Å². The topological polar surface area (TPSA) is 88.0 Å². The number of hydrogen-bond donors (Lipinski definition) is 1. The van der Waals surface area contributed by atoms with Crippen molar-refractivity contribution < 1.29 is 14.5 Å². The quantitative estimate of drug-likeness (QED) is 0.547. The van der Waals surface area contributed by atoms with Crippen molar-refractivity contribution in [3.8, 4) is 5.75 Å². The van der Waals surface area contributed by atoms with Gasteiger partial charge in [-0.2, -0.15) is 0 Å². The number of nitro groups is 1. The molecule has 9 heteroatoms. The SMILES string of the molecule is CCN1CCN(c2cc(NC(=O)COc3ccccc3)c(Cl)cc2[N+](=O)[O-])CC1. The van der Waals surface area contributed by atoms with E-state index in [1.807, 2.05) is 23.1 Å². The molecule has 1 aliphatic rings. The highest BCUT2D eigenvalue weighted by Crippen LogP contribution is 2.37. The standard InChI is InChI=1S/C20H23ClN4O4/c1-2-23-8-10-24(11-9-23)18-13-17(16(21)12-19(18)25(27)28)22-20(26)14-29-15-6-4-3-5-7-15/h3-7,12-13H,2,8-11,14H2,1H3,(H,22,26). The lowest BCUT2D eigenvalue weighted by Gasteiger charge is -2.35. The number of nitrogens with zero attached hydrogens (tertiary/aromatic N) is 3. The van der Waals surface area contributed by atoms with E-state index in [1.54, 1.807) is 18.2 Å². The first-order valence-electron chi connectivity index (χ1n) is 9.41. The second-order valence-corrected chi connectivity index (χ2v) is 7.06. The van der Waals surface area contributed by atoms with E-state index in [2.05, 4.69) is 17.1 Å². The number of halogens is 1. The number of hydrogen-bond acceptors (Lipinski definition) is 6. The van der Waals surface area contributed by atoms with Gasteiger partial charge in [0.15, 0.2) is 6.61 Å². The summed E-state index contributed by atoms with van der Waals surface area (Å²) in [5.41, 5.74) is 0.708. The number of carbonyl (C=O) groups is 1. The van der Waals surface area contributed by atoms with Crippen molar-refractivity contribution >= 4 is 34.6 Å². The van der Waals surface area contributed by atoms with Gasteiger partial charge in [0.05, 0.1) is 15.6 Å². The van der Waals surface area contributed by atoms with Crippen molar-refractivity contribution in [2.75, 3.05) is 49.5 Å². The van der Waals surface area contributed by atoms with Crippen LogP contribution >= 0.6 is 11.6 Å². The summed E-state index contributed by atoms with van der Waals surface area (Å²) in [5, 5.41) is 14.3. The molecule has 3 rings (SSSR count). The van der Waals surface area contributed by atoms with Crippen molar-refractivity contribution in [3.05, 3.63) is 57.6 Å². The maximum Gasteiger partial charge on any atom is 0.294 e. The molecule has 8 nitrogen and oxygen atoms in total. The molecule has 29 heavy (non-hydrogen) atoms. The number of nitro benzene ring substituents is 1. The minimum atomic E-state index is -0.447. The average Bonchev–Trinajstić information content (AvgIpc) is 2.74. The number of amides is 1. The number of benzene rings is 2.